The standard InChI is InChI=1S/C27H28N2O4/c1-32-23-15-14-19(17-24(23)33-2)18-25(30)28-26(21-10-4-3-5-11-21)27(31)29-16-8-12-20-9-6-7-13-22(20)29/h3-7,9-11,13-15,17,26H,8,12,16,18H2,1-2H3,(H,28,30)/t26-/m1/s1. The van der Waals surface area contributed by atoms with Crippen molar-refractivity contribution >= 4 is 17.5 Å². The smallest absolute Gasteiger partial charge is 0.254 e. The van der Waals surface area contributed by atoms with E-state index in [1.54, 1.807) is 31.3 Å². The van der Waals surface area contributed by atoms with Gasteiger partial charge in [-0.15, -0.1) is 0 Å². The van der Waals surface area contributed by atoms with Crippen molar-refractivity contribution in [3.63, 3.8) is 0 Å². The van der Waals surface area contributed by atoms with E-state index in [0.29, 0.717) is 18.0 Å². The molecule has 0 fully saturated rings. The second kappa shape index (κ2) is 10.2. The zero-order valence-corrected chi connectivity index (χ0v) is 18.9. The van der Waals surface area contributed by atoms with Gasteiger partial charge in [0.25, 0.3) is 5.91 Å². The van der Waals surface area contributed by atoms with Gasteiger partial charge in [0, 0.05) is 12.2 Å². The molecule has 1 heterocycles. The van der Waals surface area contributed by atoms with Crippen LogP contribution in [0, 0.1) is 0 Å². The van der Waals surface area contributed by atoms with Crippen molar-refractivity contribution in [2.45, 2.75) is 25.3 Å². The lowest BCUT2D eigenvalue weighted by Gasteiger charge is -2.32. The fourth-order valence-electron chi connectivity index (χ4n) is 4.24. The lowest BCUT2D eigenvalue weighted by atomic mass is 9.99. The van der Waals surface area contributed by atoms with Crippen LogP contribution in [0.25, 0.3) is 0 Å². The molecule has 4 rings (SSSR count). The van der Waals surface area contributed by atoms with Crippen molar-refractivity contribution in [2.24, 2.45) is 0 Å². The van der Waals surface area contributed by atoms with Crippen LogP contribution in [0.4, 0.5) is 5.69 Å². The summed E-state index contributed by atoms with van der Waals surface area (Å²) in [5.41, 5.74) is 3.60. The molecule has 1 N–H and O–H groups in total. The maximum absolute atomic E-state index is 13.7. The van der Waals surface area contributed by atoms with Crippen molar-refractivity contribution in [3.05, 3.63) is 89.5 Å². The number of hydrogen-bond donors (Lipinski definition) is 1. The van der Waals surface area contributed by atoms with Crippen LogP contribution in [0.3, 0.4) is 0 Å². The molecule has 2 amide bonds. The van der Waals surface area contributed by atoms with Crippen LogP contribution in [-0.2, 0) is 22.4 Å². The molecule has 6 nitrogen and oxygen atoms in total. The Hall–Kier alpha value is -3.80. The number of hydrogen-bond acceptors (Lipinski definition) is 4. The summed E-state index contributed by atoms with van der Waals surface area (Å²) in [5.74, 6) is 0.787. The van der Waals surface area contributed by atoms with E-state index in [0.717, 1.165) is 35.2 Å². The van der Waals surface area contributed by atoms with Gasteiger partial charge in [0.1, 0.15) is 6.04 Å². The van der Waals surface area contributed by atoms with Gasteiger partial charge in [0.15, 0.2) is 11.5 Å². The molecule has 1 aliphatic rings. The molecule has 0 saturated heterocycles. The number of nitrogens with zero attached hydrogens (tertiary/aromatic N) is 1. The fraction of sp³-hybridized carbons (Fsp3) is 0.259. The van der Waals surface area contributed by atoms with E-state index in [1.807, 2.05) is 54.6 Å². The first-order valence-corrected chi connectivity index (χ1v) is 11.0. The number of carbonyl (C=O) groups excluding carboxylic acids is 2. The van der Waals surface area contributed by atoms with Crippen LogP contribution in [0.15, 0.2) is 72.8 Å². The summed E-state index contributed by atoms with van der Waals surface area (Å²) in [7, 11) is 3.13. The molecule has 6 heteroatoms. The van der Waals surface area contributed by atoms with Gasteiger partial charge in [-0.2, -0.15) is 0 Å². The van der Waals surface area contributed by atoms with E-state index in [-0.39, 0.29) is 18.2 Å². The molecular formula is C27H28N2O4. The van der Waals surface area contributed by atoms with E-state index < -0.39 is 6.04 Å². The minimum absolute atomic E-state index is 0.119. The molecule has 0 aliphatic carbocycles. The third-order valence-corrected chi connectivity index (χ3v) is 5.87. The van der Waals surface area contributed by atoms with Crippen molar-refractivity contribution in [3.8, 4) is 11.5 Å². The third-order valence-electron chi connectivity index (χ3n) is 5.87. The zero-order valence-electron chi connectivity index (χ0n) is 18.9. The van der Waals surface area contributed by atoms with Crippen LogP contribution in [-0.4, -0.2) is 32.6 Å². The molecule has 3 aromatic carbocycles. The summed E-state index contributed by atoms with van der Waals surface area (Å²) in [5, 5.41) is 2.97. The van der Waals surface area contributed by atoms with Crippen molar-refractivity contribution in [1.82, 2.24) is 5.32 Å². The quantitative estimate of drug-likeness (QED) is 0.596. The lowest BCUT2D eigenvalue weighted by molar-refractivity contribution is -0.127. The molecule has 3 aromatic rings. The number of aryl methyl sites for hydroxylation is 1. The number of carbonyl (C=O) groups is 2. The Balaban J connectivity index is 1.57. The number of anilines is 1. The van der Waals surface area contributed by atoms with Gasteiger partial charge < -0.3 is 19.7 Å². The average Bonchev–Trinajstić information content (AvgIpc) is 2.87. The van der Waals surface area contributed by atoms with Gasteiger partial charge in [-0.3, -0.25) is 9.59 Å². The lowest BCUT2D eigenvalue weighted by Crippen LogP contribution is -2.45. The molecule has 0 unspecified atom stereocenters. The molecule has 33 heavy (non-hydrogen) atoms. The van der Waals surface area contributed by atoms with Gasteiger partial charge in [-0.25, -0.2) is 0 Å². The van der Waals surface area contributed by atoms with Gasteiger partial charge >= 0.3 is 0 Å². The van der Waals surface area contributed by atoms with E-state index >= 15 is 0 Å². The molecule has 0 saturated carbocycles. The first kappa shape index (κ1) is 22.4. The fourth-order valence-corrected chi connectivity index (χ4v) is 4.24. The highest BCUT2D eigenvalue weighted by Crippen LogP contribution is 2.30. The first-order valence-electron chi connectivity index (χ1n) is 11.0. The highest BCUT2D eigenvalue weighted by molar-refractivity contribution is 6.00. The molecular weight excluding hydrogens is 416 g/mol. The normalized spacial score (nSPS) is 13.6. The molecule has 1 aliphatic heterocycles. The van der Waals surface area contributed by atoms with Gasteiger partial charge in [0.05, 0.1) is 20.6 Å². The maximum Gasteiger partial charge on any atom is 0.254 e. The molecule has 0 spiro atoms. The summed E-state index contributed by atoms with van der Waals surface area (Å²) < 4.78 is 10.6. The number of methoxy groups -OCH3 is 2. The minimum Gasteiger partial charge on any atom is -0.493 e. The highest BCUT2D eigenvalue weighted by Gasteiger charge is 2.30. The van der Waals surface area contributed by atoms with Crippen LogP contribution >= 0.6 is 0 Å². The third kappa shape index (κ3) is 5.00. The molecule has 170 valence electrons. The SMILES string of the molecule is COc1ccc(CC(=O)N[C@@H](C(=O)N2CCCc3ccccc32)c2ccccc2)cc1OC. The summed E-state index contributed by atoms with van der Waals surface area (Å²) >= 11 is 0. The van der Waals surface area contributed by atoms with Gasteiger partial charge in [-0.1, -0.05) is 54.6 Å². The molecule has 0 bridgehead atoms. The van der Waals surface area contributed by atoms with E-state index in [4.69, 9.17) is 9.47 Å². The number of amides is 2. The monoisotopic (exact) mass is 444 g/mol. The molecule has 0 radical (unpaired) electrons. The van der Waals surface area contributed by atoms with E-state index in [9.17, 15) is 9.59 Å². The Bertz CT molecular complexity index is 1130. The van der Waals surface area contributed by atoms with Crippen LogP contribution in [0.2, 0.25) is 0 Å². The van der Waals surface area contributed by atoms with E-state index in [1.165, 1.54) is 0 Å². The highest BCUT2D eigenvalue weighted by atomic mass is 16.5. The Morgan fingerprint density at radius 3 is 2.42 bits per heavy atom. The van der Waals surface area contributed by atoms with Crippen LogP contribution in [0.1, 0.15) is 29.2 Å². The van der Waals surface area contributed by atoms with Gasteiger partial charge in [0.2, 0.25) is 5.91 Å². The predicted octanol–water partition coefficient (Wildman–Crippen LogP) is 4.08. The predicted molar refractivity (Wildman–Crippen MR) is 128 cm³/mol. The summed E-state index contributed by atoms with van der Waals surface area (Å²) in [6.45, 7) is 0.630. The second-order valence-corrected chi connectivity index (χ2v) is 8.00. The van der Waals surface area contributed by atoms with Gasteiger partial charge in [-0.05, 0) is 47.7 Å². The number of fused-ring (bicyclic) bond motifs is 1. The van der Waals surface area contributed by atoms with Crippen LogP contribution in [0.5, 0.6) is 11.5 Å². The Morgan fingerprint density at radius 2 is 1.67 bits per heavy atom. The second-order valence-electron chi connectivity index (χ2n) is 8.00. The summed E-state index contributed by atoms with van der Waals surface area (Å²) in [6, 6.07) is 21.9. The van der Waals surface area contributed by atoms with Crippen molar-refractivity contribution in [1.29, 1.82) is 0 Å². The first-order chi connectivity index (χ1) is 16.1. The largest absolute Gasteiger partial charge is 0.493 e. The van der Waals surface area contributed by atoms with Crippen molar-refractivity contribution < 1.29 is 19.1 Å². The zero-order chi connectivity index (χ0) is 23.2. The number of benzene rings is 3. The minimum atomic E-state index is -0.773. The Morgan fingerprint density at radius 1 is 0.939 bits per heavy atom. The van der Waals surface area contributed by atoms with Crippen LogP contribution < -0.4 is 19.7 Å². The Labute approximate surface area is 194 Å². The van der Waals surface area contributed by atoms with E-state index in [2.05, 4.69) is 11.4 Å². The maximum atomic E-state index is 13.7. The number of rotatable bonds is 7. The topological polar surface area (TPSA) is 67.9 Å². The average molecular weight is 445 g/mol. The number of para-hydroxylation sites is 1. The number of ether oxygens (including phenoxy) is 2. The van der Waals surface area contributed by atoms with Crippen molar-refractivity contribution in [2.75, 3.05) is 25.7 Å². The summed E-state index contributed by atoms with van der Waals surface area (Å²) in [4.78, 5) is 28.5. The Kier molecular flexibility index (Phi) is 6.93. The molecule has 0 aromatic heterocycles. The summed E-state index contributed by atoms with van der Waals surface area (Å²) in [6.07, 6.45) is 1.96. The molecule has 1 atom stereocenters. The number of nitrogens with one attached hydrogen (secondary N) is 1.